The molecule has 0 bridgehead atoms. The molecular weight excluding hydrogens is 258 g/mol. The monoisotopic (exact) mass is 279 g/mol. The predicted molar refractivity (Wildman–Crippen MR) is 79.9 cm³/mol. The van der Waals surface area contributed by atoms with Crippen LogP contribution in [0.5, 0.6) is 0 Å². The van der Waals surface area contributed by atoms with Crippen molar-refractivity contribution in [3.8, 4) is 0 Å². The van der Waals surface area contributed by atoms with Crippen LogP contribution in [-0.2, 0) is 6.54 Å². The molecule has 0 radical (unpaired) electrons. The van der Waals surface area contributed by atoms with Crippen molar-refractivity contribution >= 4 is 22.1 Å². The number of likely N-dealkylation sites (tertiary alicyclic amines) is 1. The number of fused-ring (bicyclic) bond motifs is 1. The molecule has 1 aliphatic heterocycles. The van der Waals surface area contributed by atoms with Crippen LogP contribution >= 0.6 is 11.3 Å². The maximum atomic E-state index is 5.90. The summed E-state index contributed by atoms with van der Waals surface area (Å²) in [5, 5.41) is 2.05. The number of rotatable bonds is 4. The minimum absolute atomic E-state index is 0.526. The number of aromatic nitrogens is 2. The van der Waals surface area contributed by atoms with Crippen molar-refractivity contribution in [1.82, 2.24) is 14.3 Å². The van der Waals surface area contributed by atoms with Gasteiger partial charge in [0, 0.05) is 37.8 Å². The fourth-order valence-corrected chi connectivity index (χ4v) is 3.66. The molecule has 3 rings (SSSR count). The standard InChI is InChI=1S/C13H21N5S/c1-16-5-3-4-10(16)9-17(2)12-11(8-14)18-6-7-19-13(18)15-12/h6-7,10H,3-5,8-9,14H2,1-2H3. The van der Waals surface area contributed by atoms with Gasteiger partial charge in [0.1, 0.15) is 0 Å². The lowest BCUT2D eigenvalue weighted by molar-refractivity contribution is 0.314. The molecule has 2 aromatic rings. The summed E-state index contributed by atoms with van der Waals surface area (Å²) in [6, 6.07) is 0.635. The van der Waals surface area contributed by atoms with E-state index in [9.17, 15) is 0 Å². The normalized spacial score (nSPS) is 20.5. The Hall–Kier alpha value is -1.11. The molecule has 1 fully saturated rings. The third-order valence-electron chi connectivity index (χ3n) is 4.05. The minimum Gasteiger partial charge on any atom is -0.357 e. The number of hydrogen-bond donors (Lipinski definition) is 1. The molecule has 5 nitrogen and oxygen atoms in total. The molecule has 2 N–H and O–H groups in total. The Morgan fingerprint density at radius 2 is 2.42 bits per heavy atom. The van der Waals surface area contributed by atoms with Crippen LogP contribution in [0, 0.1) is 0 Å². The van der Waals surface area contributed by atoms with Gasteiger partial charge in [-0.1, -0.05) is 0 Å². The SMILES string of the molecule is CN(CC1CCCN1C)c1nc2sccn2c1CN. The topological polar surface area (TPSA) is 49.8 Å². The number of imidazole rings is 1. The zero-order valence-electron chi connectivity index (χ0n) is 11.5. The van der Waals surface area contributed by atoms with Crippen LogP contribution < -0.4 is 10.6 Å². The minimum atomic E-state index is 0.526. The largest absolute Gasteiger partial charge is 0.357 e. The molecule has 0 aromatic carbocycles. The Labute approximate surface area is 117 Å². The summed E-state index contributed by atoms with van der Waals surface area (Å²) in [5.74, 6) is 1.04. The van der Waals surface area contributed by atoms with Crippen LogP contribution in [0.25, 0.3) is 4.96 Å². The van der Waals surface area contributed by atoms with Gasteiger partial charge < -0.3 is 15.5 Å². The number of thiazole rings is 1. The summed E-state index contributed by atoms with van der Waals surface area (Å²) >= 11 is 1.66. The lowest BCUT2D eigenvalue weighted by atomic mass is 10.2. The molecule has 1 atom stereocenters. The van der Waals surface area contributed by atoms with E-state index in [1.54, 1.807) is 11.3 Å². The van der Waals surface area contributed by atoms with Gasteiger partial charge in [-0.2, -0.15) is 0 Å². The Bertz CT molecular complexity index is 560. The van der Waals surface area contributed by atoms with Gasteiger partial charge in [-0.05, 0) is 26.4 Å². The first-order chi connectivity index (χ1) is 9.20. The second kappa shape index (κ2) is 5.11. The highest BCUT2D eigenvalue weighted by molar-refractivity contribution is 7.15. The third kappa shape index (κ3) is 2.24. The fourth-order valence-electron chi connectivity index (χ4n) is 2.93. The second-order valence-electron chi connectivity index (χ2n) is 5.30. The molecule has 3 heterocycles. The zero-order chi connectivity index (χ0) is 13.4. The van der Waals surface area contributed by atoms with Gasteiger partial charge in [0.25, 0.3) is 0 Å². The van der Waals surface area contributed by atoms with E-state index >= 15 is 0 Å². The van der Waals surface area contributed by atoms with E-state index in [1.165, 1.54) is 19.4 Å². The maximum Gasteiger partial charge on any atom is 0.195 e. The third-order valence-corrected chi connectivity index (χ3v) is 4.81. The smallest absolute Gasteiger partial charge is 0.195 e. The van der Waals surface area contributed by atoms with Crippen molar-refractivity contribution in [2.45, 2.75) is 25.4 Å². The molecule has 6 heteroatoms. The van der Waals surface area contributed by atoms with E-state index in [2.05, 4.69) is 33.7 Å². The molecule has 1 aliphatic rings. The fraction of sp³-hybridized carbons (Fsp3) is 0.615. The van der Waals surface area contributed by atoms with E-state index in [1.807, 2.05) is 6.20 Å². The Kier molecular flexibility index (Phi) is 3.47. The van der Waals surface area contributed by atoms with E-state index in [0.717, 1.165) is 23.0 Å². The van der Waals surface area contributed by atoms with Crippen molar-refractivity contribution in [3.05, 3.63) is 17.3 Å². The van der Waals surface area contributed by atoms with Gasteiger partial charge in [0.2, 0.25) is 0 Å². The summed E-state index contributed by atoms with van der Waals surface area (Å²) in [6.07, 6.45) is 4.63. The zero-order valence-corrected chi connectivity index (χ0v) is 12.4. The molecule has 0 spiro atoms. The lowest BCUT2D eigenvalue weighted by Crippen LogP contribution is -2.37. The van der Waals surface area contributed by atoms with Crippen LogP contribution in [0.1, 0.15) is 18.5 Å². The Morgan fingerprint density at radius 3 is 3.11 bits per heavy atom. The van der Waals surface area contributed by atoms with Crippen molar-refractivity contribution in [2.75, 3.05) is 32.1 Å². The highest BCUT2D eigenvalue weighted by atomic mass is 32.1. The summed E-state index contributed by atoms with van der Waals surface area (Å²) in [5.41, 5.74) is 7.01. The van der Waals surface area contributed by atoms with Gasteiger partial charge in [0.15, 0.2) is 10.8 Å². The van der Waals surface area contributed by atoms with Gasteiger partial charge in [-0.25, -0.2) is 4.98 Å². The van der Waals surface area contributed by atoms with Crippen LogP contribution in [-0.4, -0.2) is 47.5 Å². The van der Waals surface area contributed by atoms with Gasteiger partial charge >= 0.3 is 0 Å². The van der Waals surface area contributed by atoms with Gasteiger partial charge in [-0.15, -0.1) is 11.3 Å². The van der Waals surface area contributed by atoms with Gasteiger partial charge in [0.05, 0.1) is 5.69 Å². The number of likely N-dealkylation sites (N-methyl/N-ethyl adjacent to an activating group) is 2. The maximum absolute atomic E-state index is 5.90. The van der Waals surface area contributed by atoms with E-state index in [4.69, 9.17) is 10.7 Å². The Balaban J connectivity index is 1.84. The molecular formula is C13H21N5S. The Morgan fingerprint density at radius 1 is 1.58 bits per heavy atom. The molecule has 19 heavy (non-hydrogen) atoms. The molecule has 0 aliphatic carbocycles. The molecule has 0 saturated carbocycles. The first kappa shape index (κ1) is 12.9. The van der Waals surface area contributed by atoms with Crippen LogP contribution in [0.3, 0.4) is 0 Å². The van der Waals surface area contributed by atoms with Gasteiger partial charge in [-0.3, -0.25) is 4.40 Å². The quantitative estimate of drug-likeness (QED) is 0.919. The molecule has 104 valence electrons. The molecule has 1 unspecified atom stereocenters. The molecule has 0 amide bonds. The van der Waals surface area contributed by atoms with Crippen LogP contribution in [0.15, 0.2) is 11.6 Å². The summed E-state index contributed by atoms with van der Waals surface area (Å²) in [4.78, 5) is 10.4. The summed E-state index contributed by atoms with van der Waals surface area (Å²) in [6.45, 7) is 2.76. The molecule has 2 aromatic heterocycles. The summed E-state index contributed by atoms with van der Waals surface area (Å²) < 4.78 is 2.11. The highest BCUT2D eigenvalue weighted by Gasteiger charge is 2.24. The van der Waals surface area contributed by atoms with Crippen LogP contribution in [0.4, 0.5) is 5.82 Å². The number of hydrogen-bond acceptors (Lipinski definition) is 5. The average Bonchev–Trinajstić information content (AvgIpc) is 3.05. The second-order valence-corrected chi connectivity index (χ2v) is 6.17. The van der Waals surface area contributed by atoms with Crippen molar-refractivity contribution in [3.63, 3.8) is 0 Å². The number of nitrogens with zero attached hydrogens (tertiary/aromatic N) is 4. The molecule has 1 saturated heterocycles. The average molecular weight is 279 g/mol. The summed E-state index contributed by atoms with van der Waals surface area (Å²) in [7, 11) is 4.33. The van der Waals surface area contributed by atoms with Crippen LogP contribution in [0.2, 0.25) is 0 Å². The van der Waals surface area contributed by atoms with Crippen molar-refractivity contribution < 1.29 is 0 Å². The first-order valence-corrected chi connectivity index (χ1v) is 7.64. The van der Waals surface area contributed by atoms with Crippen molar-refractivity contribution in [2.24, 2.45) is 5.73 Å². The van der Waals surface area contributed by atoms with E-state index in [0.29, 0.717) is 12.6 Å². The number of nitrogens with two attached hydrogens (primary N) is 1. The van der Waals surface area contributed by atoms with Crippen molar-refractivity contribution in [1.29, 1.82) is 0 Å². The van der Waals surface area contributed by atoms with E-state index < -0.39 is 0 Å². The number of anilines is 1. The lowest BCUT2D eigenvalue weighted by Gasteiger charge is -2.26. The highest BCUT2D eigenvalue weighted by Crippen LogP contribution is 2.25. The first-order valence-electron chi connectivity index (χ1n) is 6.76. The van der Waals surface area contributed by atoms with E-state index in [-0.39, 0.29) is 0 Å². The predicted octanol–water partition coefficient (Wildman–Crippen LogP) is 1.38.